The maximum Gasteiger partial charge on any atom is 0.254 e. The second-order valence-electron chi connectivity index (χ2n) is 7.54. The average Bonchev–Trinajstić information content (AvgIpc) is 3.31. The molecule has 0 unspecified atom stereocenters. The highest BCUT2D eigenvalue weighted by atomic mass is 32.2. The average molecular weight is 498 g/mol. The molecule has 0 bridgehead atoms. The maximum atomic E-state index is 12.9. The zero-order valence-corrected chi connectivity index (χ0v) is 20.2. The van der Waals surface area contributed by atoms with Crippen molar-refractivity contribution in [2.24, 2.45) is 0 Å². The van der Waals surface area contributed by atoms with Gasteiger partial charge in [-0.2, -0.15) is 0 Å². The normalized spacial score (nSPS) is 15.8. The van der Waals surface area contributed by atoms with Gasteiger partial charge < -0.3 is 4.90 Å². The number of hydrogen-bond donors (Lipinski definition) is 1. The first-order chi connectivity index (χ1) is 15.2. The minimum absolute atomic E-state index is 0.0611. The highest BCUT2D eigenvalue weighted by Crippen LogP contribution is 2.24. The van der Waals surface area contributed by atoms with Gasteiger partial charge in [-0.1, -0.05) is 36.4 Å². The lowest BCUT2D eigenvalue weighted by Gasteiger charge is -2.30. The molecular formula is C21H27N3O5S3. The van der Waals surface area contributed by atoms with Crippen molar-refractivity contribution in [2.75, 3.05) is 25.1 Å². The third kappa shape index (κ3) is 6.79. The number of hydrazine groups is 1. The van der Waals surface area contributed by atoms with Gasteiger partial charge in [-0.25, -0.2) is 16.8 Å². The first-order valence-corrected chi connectivity index (χ1v) is 14.5. The van der Waals surface area contributed by atoms with E-state index in [9.17, 15) is 21.6 Å². The van der Waals surface area contributed by atoms with Crippen molar-refractivity contribution in [3.8, 4) is 0 Å². The topological polar surface area (TPSA) is 104 Å². The highest BCUT2D eigenvalue weighted by Gasteiger charge is 2.34. The van der Waals surface area contributed by atoms with E-state index in [1.165, 1.54) is 23.9 Å². The lowest BCUT2D eigenvalue weighted by Crippen LogP contribution is -2.53. The van der Waals surface area contributed by atoms with Crippen LogP contribution >= 0.6 is 11.8 Å². The number of nitrogens with zero attached hydrogens (tertiary/aromatic N) is 2. The quantitative estimate of drug-likeness (QED) is 0.399. The minimum Gasteiger partial charge on any atom is -0.343 e. The van der Waals surface area contributed by atoms with E-state index in [1.54, 1.807) is 23.1 Å². The molecule has 1 amide bonds. The van der Waals surface area contributed by atoms with Crippen molar-refractivity contribution in [3.63, 3.8) is 0 Å². The first kappa shape index (κ1) is 24.7. The molecule has 0 saturated carbocycles. The summed E-state index contributed by atoms with van der Waals surface area (Å²) in [4.78, 5) is 17.6. The van der Waals surface area contributed by atoms with Gasteiger partial charge in [0.2, 0.25) is 15.9 Å². The van der Waals surface area contributed by atoms with Crippen molar-refractivity contribution >= 4 is 37.7 Å². The first-order valence-electron chi connectivity index (χ1n) is 10.2. The van der Waals surface area contributed by atoms with E-state index in [0.717, 1.165) is 28.4 Å². The number of sulfonamides is 2. The fraction of sp³-hybridized carbons (Fsp3) is 0.381. The van der Waals surface area contributed by atoms with Crippen LogP contribution in [0, 0.1) is 0 Å². The lowest BCUT2D eigenvalue weighted by atomic mass is 10.2. The minimum atomic E-state index is -4.16. The van der Waals surface area contributed by atoms with Crippen LogP contribution in [0.1, 0.15) is 19.3 Å². The van der Waals surface area contributed by atoms with Crippen molar-refractivity contribution < 1.29 is 21.6 Å². The number of thioether (sulfide) groups is 1. The molecule has 1 saturated heterocycles. The molecule has 0 radical (unpaired) electrons. The van der Waals surface area contributed by atoms with Crippen LogP contribution in [0.2, 0.25) is 0 Å². The van der Waals surface area contributed by atoms with Gasteiger partial charge in [0.15, 0.2) is 0 Å². The smallest absolute Gasteiger partial charge is 0.254 e. The van der Waals surface area contributed by atoms with Gasteiger partial charge in [-0.05, 0) is 37.1 Å². The van der Waals surface area contributed by atoms with E-state index in [2.05, 4.69) is 4.83 Å². The number of amides is 1. The van der Waals surface area contributed by atoms with Gasteiger partial charge in [-0.3, -0.25) is 4.79 Å². The van der Waals surface area contributed by atoms with Crippen LogP contribution in [0.15, 0.2) is 70.5 Å². The van der Waals surface area contributed by atoms with E-state index >= 15 is 0 Å². The number of carbonyl (C=O) groups excluding carboxylic acids is 1. The molecule has 3 rings (SSSR count). The number of hydrogen-bond acceptors (Lipinski definition) is 6. The summed E-state index contributed by atoms with van der Waals surface area (Å²) in [5.74, 6) is 0.0160. The zero-order valence-electron chi connectivity index (χ0n) is 17.8. The molecule has 1 N–H and O–H groups in total. The molecule has 11 heteroatoms. The number of likely N-dealkylation sites (tertiary alicyclic amines) is 1. The van der Waals surface area contributed by atoms with E-state index in [0.29, 0.717) is 13.1 Å². The second kappa shape index (κ2) is 10.8. The fourth-order valence-electron chi connectivity index (χ4n) is 3.40. The molecule has 1 atom stereocenters. The Morgan fingerprint density at radius 2 is 1.56 bits per heavy atom. The van der Waals surface area contributed by atoms with E-state index in [1.807, 2.05) is 30.3 Å². The third-order valence-electron chi connectivity index (χ3n) is 5.01. The predicted octanol–water partition coefficient (Wildman–Crippen LogP) is 2.31. The summed E-state index contributed by atoms with van der Waals surface area (Å²) in [5.41, 5.74) is 0. The van der Waals surface area contributed by atoms with Crippen molar-refractivity contribution in [1.29, 1.82) is 0 Å². The maximum absolute atomic E-state index is 12.9. The van der Waals surface area contributed by atoms with Gasteiger partial charge >= 0.3 is 0 Å². The van der Waals surface area contributed by atoms with Crippen molar-refractivity contribution in [1.82, 2.24) is 14.1 Å². The molecule has 174 valence electrons. The van der Waals surface area contributed by atoms with Gasteiger partial charge in [0.05, 0.1) is 17.2 Å². The molecule has 1 heterocycles. The predicted molar refractivity (Wildman–Crippen MR) is 125 cm³/mol. The molecule has 0 aromatic heterocycles. The SMILES string of the molecule is CS(=O)(=O)N(NS(=O)(=O)c1ccccc1)[C@@H](CSc1ccccc1)CC(=O)N1CCCC1. The lowest BCUT2D eigenvalue weighted by molar-refractivity contribution is -0.131. The zero-order chi connectivity index (χ0) is 23.2. The van der Waals surface area contributed by atoms with Crippen LogP contribution in [-0.2, 0) is 24.8 Å². The van der Waals surface area contributed by atoms with Gasteiger partial charge in [0.25, 0.3) is 10.0 Å². The number of carbonyl (C=O) groups is 1. The second-order valence-corrected chi connectivity index (χ2v) is 12.2. The largest absolute Gasteiger partial charge is 0.343 e. The van der Waals surface area contributed by atoms with Crippen molar-refractivity contribution in [2.45, 2.75) is 35.1 Å². The van der Waals surface area contributed by atoms with Crippen molar-refractivity contribution in [3.05, 3.63) is 60.7 Å². The Morgan fingerprint density at radius 1 is 1.00 bits per heavy atom. The third-order valence-corrected chi connectivity index (χ3v) is 8.71. The Kier molecular flexibility index (Phi) is 8.34. The molecule has 32 heavy (non-hydrogen) atoms. The van der Waals surface area contributed by atoms with Crippen LogP contribution in [0.25, 0.3) is 0 Å². The molecule has 2 aromatic rings. The Morgan fingerprint density at radius 3 is 2.12 bits per heavy atom. The van der Waals surface area contributed by atoms with E-state index in [-0.39, 0.29) is 23.0 Å². The molecule has 2 aromatic carbocycles. The standard InChI is InChI=1S/C21H27N3O5S3/c1-31(26,27)24(22-32(28,29)20-12-6-3-7-13-20)18(16-21(25)23-14-8-9-15-23)17-30-19-10-4-2-5-11-19/h2-7,10-13,18,22H,8-9,14-17H2,1H3/t18-/m1/s1. The fourth-order valence-corrected chi connectivity index (χ4v) is 7.03. The van der Waals surface area contributed by atoms with Crippen LogP contribution in [0.3, 0.4) is 0 Å². The van der Waals surface area contributed by atoms with Crippen LogP contribution in [-0.4, -0.2) is 63.2 Å². The summed E-state index contributed by atoms with van der Waals surface area (Å²) in [6.45, 7) is 1.26. The summed E-state index contributed by atoms with van der Waals surface area (Å²) >= 11 is 1.37. The van der Waals surface area contributed by atoms with Crippen LogP contribution < -0.4 is 4.83 Å². The number of rotatable bonds is 10. The van der Waals surface area contributed by atoms with Gasteiger partial charge in [-0.15, -0.1) is 21.0 Å². The Bertz CT molecular complexity index is 1100. The molecule has 1 aliphatic heterocycles. The van der Waals surface area contributed by atoms with E-state index in [4.69, 9.17) is 0 Å². The summed E-state index contributed by atoms with van der Waals surface area (Å²) in [6.07, 6.45) is 2.63. The van der Waals surface area contributed by atoms with Gasteiger partial charge in [0, 0.05) is 30.2 Å². The molecule has 1 aliphatic rings. The summed E-state index contributed by atoms with van der Waals surface area (Å²) in [6, 6.07) is 16.0. The Balaban J connectivity index is 1.88. The molecule has 0 aliphatic carbocycles. The van der Waals surface area contributed by atoms with E-state index < -0.39 is 26.1 Å². The number of benzene rings is 2. The highest BCUT2D eigenvalue weighted by molar-refractivity contribution is 7.99. The van der Waals surface area contributed by atoms with Crippen LogP contribution in [0.5, 0.6) is 0 Å². The Labute approximate surface area is 194 Å². The summed E-state index contributed by atoms with van der Waals surface area (Å²) in [5, 5.41) is 0. The molecule has 8 nitrogen and oxygen atoms in total. The van der Waals surface area contributed by atoms with Crippen LogP contribution in [0.4, 0.5) is 0 Å². The Hall–Kier alpha value is -1.92. The molecular weight excluding hydrogens is 470 g/mol. The molecule has 0 spiro atoms. The van der Waals surface area contributed by atoms with Gasteiger partial charge in [0.1, 0.15) is 0 Å². The summed E-state index contributed by atoms with van der Waals surface area (Å²) < 4.78 is 51.8. The monoisotopic (exact) mass is 497 g/mol. The summed E-state index contributed by atoms with van der Waals surface area (Å²) in [7, 11) is -8.18. The number of nitrogens with one attached hydrogen (secondary N) is 1. The molecule has 1 fully saturated rings.